The zero-order valence-electron chi connectivity index (χ0n) is 17.7. The number of likely N-dealkylation sites (tertiary alicyclic amines) is 1. The fourth-order valence-corrected chi connectivity index (χ4v) is 5.57. The lowest BCUT2D eigenvalue weighted by Gasteiger charge is -2.44. The average molecular weight is 410 g/mol. The molecule has 31 heavy (non-hydrogen) atoms. The maximum absolute atomic E-state index is 5.08. The Bertz CT molecular complexity index is 1200. The molecule has 5 nitrogen and oxygen atoms in total. The van der Waals surface area contributed by atoms with E-state index in [4.69, 9.17) is 9.97 Å². The Labute approximate surface area is 182 Å². The Morgan fingerprint density at radius 3 is 2.74 bits per heavy atom. The van der Waals surface area contributed by atoms with E-state index in [9.17, 15) is 0 Å². The molecule has 1 aromatic carbocycles. The van der Waals surface area contributed by atoms with Crippen LogP contribution in [-0.2, 0) is 19.5 Å². The molecule has 4 aromatic rings. The summed E-state index contributed by atoms with van der Waals surface area (Å²) in [5, 5.41) is 0. The van der Waals surface area contributed by atoms with Gasteiger partial charge in [0.25, 0.3) is 0 Å². The van der Waals surface area contributed by atoms with Gasteiger partial charge in [0, 0.05) is 25.1 Å². The molecule has 1 aliphatic carbocycles. The first kappa shape index (κ1) is 18.7. The molecule has 2 atom stereocenters. The molecule has 2 unspecified atom stereocenters. The van der Waals surface area contributed by atoms with E-state index in [0.717, 1.165) is 31.0 Å². The van der Waals surface area contributed by atoms with Crippen LogP contribution in [0, 0.1) is 5.92 Å². The molecule has 1 saturated heterocycles. The molecule has 4 heterocycles. The number of rotatable bonds is 4. The average Bonchev–Trinajstić information content (AvgIpc) is 3.16. The number of aromatic nitrogens is 4. The molecule has 0 bridgehead atoms. The van der Waals surface area contributed by atoms with Gasteiger partial charge in [0.1, 0.15) is 5.82 Å². The van der Waals surface area contributed by atoms with E-state index in [1.165, 1.54) is 48.0 Å². The van der Waals surface area contributed by atoms with Gasteiger partial charge in [0.05, 0.1) is 29.3 Å². The third kappa shape index (κ3) is 3.43. The first-order valence-corrected chi connectivity index (χ1v) is 11.4. The van der Waals surface area contributed by atoms with Crippen LogP contribution in [0.5, 0.6) is 0 Å². The minimum Gasteiger partial charge on any atom is -0.322 e. The number of hydrogen-bond donors (Lipinski definition) is 0. The summed E-state index contributed by atoms with van der Waals surface area (Å²) in [5.74, 6) is 1.84. The van der Waals surface area contributed by atoms with E-state index in [1.54, 1.807) is 0 Å². The van der Waals surface area contributed by atoms with Gasteiger partial charge in [-0.15, -0.1) is 0 Å². The van der Waals surface area contributed by atoms with Gasteiger partial charge >= 0.3 is 0 Å². The number of para-hydroxylation sites is 2. The quantitative estimate of drug-likeness (QED) is 0.487. The van der Waals surface area contributed by atoms with E-state index >= 15 is 0 Å². The van der Waals surface area contributed by atoms with Crippen molar-refractivity contribution in [2.24, 2.45) is 5.92 Å². The zero-order chi connectivity index (χ0) is 20.6. The van der Waals surface area contributed by atoms with Gasteiger partial charge in [-0.1, -0.05) is 18.2 Å². The SMILES string of the molecule is c1cnc2c(c1)CCC1CCCN(Cc3nc4ccccc4n3Cc3ccncc3)C21. The predicted octanol–water partition coefficient (Wildman–Crippen LogP) is 4.77. The Kier molecular flexibility index (Phi) is 4.76. The normalized spacial score (nSPS) is 21.0. The molecule has 1 fully saturated rings. The Balaban J connectivity index is 1.38. The molecule has 0 spiro atoms. The van der Waals surface area contributed by atoms with Crippen LogP contribution in [0.1, 0.15) is 47.9 Å². The molecular formula is C26H27N5. The maximum atomic E-state index is 5.08. The highest BCUT2D eigenvalue weighted by atomic mass is 15.2. The number of imidazole rings is 1. The van der Waals surface area contributed by atoms with Crippen molar-refractivity contribution in [3.05, 3.63) is 89.8 Å². The molecule has 0 saturated carbocycles. The number of aryl methyl sites for hydroxylation is 1. The summed E-state index contributed by atoms with van der Waals surface area (Å²) in [4.78, 5) is 16.8. The fourth-order valence-electron chi connectivity index (χ4n) is 5.57. The number of fused-ring (bicyclic) bond motifs is 4. The second-order valence-corrected chi connectivity index (χ2v) is 8.86. The molecule has 2 aliphatic rings. The Hall–Kier alpha value is -3.05. The van der Waals surface area contributed by atoms with Crippen LogP contribution in [0.15, 0.2) is 67.1 Å². The molecule has 0 amide bonds. The van der Waals surface area contributed by atoms with E-state index in [0.29, 0.717) is 12.0 Å². The van der Waals surface area contributed by atoms with Crippen molar-refractivity contribution < 1.29 is 0 Å². The van der Waals surface area contributed by atoms with Crippen molar-refractivity contribution in [2.75, 3.05) is 6.54 Å². The lowest BCUT2D eigenvalue weighted by atomic mass is 9.77. The molecular weight excluding hydrogens is 382 g/mol. The Morgan fingerprint density at radius 1 is 0.903 bits per heavy atom. The summed E-state index contributed by atoms with van der Waals surface area (Å²) >= 11 is 0. The summed E-state index contributed by atoms with van der Waals surface area (Å²) < 4.78 is 2.39. The van der Waals surface area contributed by atoms with Gasteiger partial charge in [0.15, 0.2) is 0 Å². The molecule has 1 aliphatic heterocycles. The monoisotopic (exact) mass is 409 g/mol. The van der Waals surface area contributed by atoms with Crippen LogP contribution in [0.3, 0.4) is 0 Å². The maximum Gasteiger partial charge on any atom is 0.124 e. The van der Waals surface area contributed by atoms with Crippen molar-refractivity contribution in [2.45, 2.75) is 44.8 Å². The van der Waals surface area contributed by atoms with Crippen molar-refractivity contribution in [1.29, 1.82) is 0 Å². The van der Waals surface area contributed by atoms with Gasteiger partial charge in [-0.2, -0.15) is 0 Å². The smallest absolute Gasteiger partial charge is 0.124 e. The molecule has 6 rings (SSSR count). The van der Waals surface area contributed by atoms with E-state index < -0.39 is 0 Å². The number of pyridine rings is 2. The first-order chi connectivity index (χ1) is 15.4. The molecule has 0 radical (unpaired) electrons. The second-order valence-electron chi connectivity index (χ2n) is 8.86. The Morgan fingerprint density at radius 2 is 1.81 bits per heavy atom. The second kappa shape index (κ2) is 7.89. The fraction of sp³-hybridized carbons (Fsp3) is 0.346. The third-order valence-electron chi connectivity index (χ3n) is 7.02. The number of hydrogen-bond acceptors (Lipinski definition) is 4. The minimum absolute atomic E-state index is 0.410. The minimum atomic E-state index is 0.410. The van der Waals surface area contributed by atoms with Crippen LogP contribution >= 0.6 is 0 Å². The number of nitrogens with zero attached hydrogens (tertiary/aromatic N) is 5. The van der Waals surface area contributed by atoms with Crippen LogP contribution in [-0.4, -0.2) is 31.0 Å². The molecule has 5 heteroatoms. The highest BCUT2D eigenvalue weighted by Gasteiger charge is 2.38. The zero-order valence-corrected chi connectivity index (χ0v) is 17.7. The summed E-state index contributed by atoms with van der Waals surface area (Å²) in [7, 11) is 0. The highest BCUT2D eigenvalue weighted by Crippen LogP contribution is 2.43. The molecule has 0 N–H and O–H groups in total. The third-order valence-corrected chi connectivity index (χ3v) is 7.02. The molecule has 3 aromatic heterocycles. The van der Waals surface area contributed by atoms with Crippen molar-refractivity contribution in [3.63, 3.8) is 0 Å². The molecule has 156 valence electrons. The van der Waals surface area contributed by atoms with E-state index in [1.807, 2.05) is 18.6 Å². The summed E-state index contributed by atoms with van der Waals surface area (Å²) in [6, 6.07) is 17.4. The lowest BCUT2D eigenvalue weighted by Crippen LogP contribution is -2.41. The van der Waals surface area contributed by atoms with Crippen LogP contribution in [0.4, 0.5) is 0 Å². The standard InChI is InChI=1S/C26H27N5/c1-2-8-23-22(7-1)29-24(31(23)17-19-11-14-27-15-12-19)18-30-16-4-6-21-10-9-20-5-3-13-28-25(20)26(21)30/h1-3,5,7-8,11-15,21,26H,4,6,9-10,16-18H2. The van der Waals surface area contributed by atoms with Crippen LogP contribution < -0.4 is 0 Å². The van der Waals surface area contributed by atoms with Crippen LogP contribution in [0.2, 0.25) is 0 Å². The van der Waals surface area contributed by atoms with Crippen molar-refractivity contribution in [1.82, 2.24) is 24.4 Å². The summed E-state index contributed by atoms with van der Waals surface area (Å²) in [5.41, 5.74) is 6.25. The van der Waals surface area contributed by atoms with E-state index in [-0.39, 0.29) is 0 Å². The van der Waals surface area contributed by atoms with Gasteiger partial charge < -0.3 is 4.57 Å². The summed E-state index contributed by atoms with van der Waals surface area (Å²) in [6.45, 7) is 2.78. The van der Waals surface area contributed by atoms with E-state index in [2.05, 4.69) is 63.0 Å². The van der Waals surface area contributed by atoms with Gasteiger partial charge in [-0.05, 0) is 79.6 Å². The van der Waals surface area contributed by atoms with Gasteiger partial charge in [-0.25, -0.2) is 4.98 Å². The highest BCUT2D eigenvalue weighted by molar-refractivity contribution is 5.76. The number of piperidine rings is 1. The summed E-state index contributed by atoms with van der Waals surface area (Å²) in [6.07, 6.45) is 10.7. The van der Waals surface area contributed by atoms with Crippen molar-refractivity contribution in [3.8, 4) is 0 Å². The topological polar surface area (TPSA) is 46.8 Å². The predicted molar refractivity (Wildman–Crippen MR) is 122 cm³/mol. The number of benzene rings is 1. The van der Waals surface area contributed by atoms with Gasteiger partial charge in [-0.3, -0.25) is 14.9 Å². The van der Waals surface area contributed by atoms with Crippen LogP contribution in [0.25, 0.3) is 11.0 Å². The van der Waals surface area contributed by atoms with Crippen molar-refractivity contribution >= 4 is 11.0 Å². The first-order valence-electron chi connectivity index (χ1n) is 11.4. The lowest BCUT2D eigenvalue weighted by molar-refractivity contribution is 0.0666. The largest absolute Gasteiger partial charge is 0.322 e. The van der Waals surface area contributed by atoms with Gasteiger partial charge in [0.2, 0.25) is 0 Å².